The molecule has 7 heteroatoms. The van der Waals surface area contributed by atoms with Crippen LogP contribution in [-0.2, 0) is 6.54 Å². The standard InChI is InChI=1S/C14H22N6S/c1-2-4-11(5-3-1)13-16-17-14-20(13)18-12(21-14)10-19-8-6-15-7-9-19/h11,15H,1-10H2. The van der Waals surface area contributed by atoms with Crippen molar-refractivity contribution in [3.63, 3.8) is 0 Å². The summed E-state index contributed by atoms with van der Waals surface area (Å²) < 4.78 is 2.01. The Hall–Kier alpha value is -1.05. The highest BCUT2D eigenvalue weighted by Crippen LogP contribution is 2.32. The maximum Gasteiger partial charge on any atom is 0.234 e. The molecule has 2 aromatic heterocycles. The van der Waals surface area contributed by atoms with Gasteiger partial charge in [0.2, 0.25) is 4.96 Å². The van der Waals surface area contributed by atoms with Gasteiger partial charge in [-0.3, -0.25) is 4.90 Å². The fourth-order valence-electron chi connectivity index (χ4n) is 3.41. The lowest BCUT2D eigenvalue weighted by atomic mass is 9.89. The maximum atomic E-state index is 4.79. The highest BCUT2D eigenvalue weighted by molar-refractivity contribution is 7.16. The third-order valence-corrected chi connectivity index (χ3v) is 5.48. The van der Waals surface area contributed by atoms with Crippen molar-refractivity contribution in [3.8, 4) is 0 Å². The van der Waals surface area contributed by atoms with E-state index in [4.69, 9.17) is 5.10 Å². The minimum atomic E-state index is 0.558. The highest BCUT2D eigenvalue weighted by atomic mass is 32.1. The molecule has 0 radical (unpaired) electrons. The molecule has 0 spiro atoms. The molecule has 1 saturated heterocycles. The van der Waals surface area contributed by atoms with Crippen molar-refractivity contribution in [2.24, 2.45) is 0 Å². The molecule has 114 valence electrons. The summed E-state index contributed by atoms with van der Waals surface area (Å²) in [6.45, 7) is 5.32. The number of aromatic nitrogens is 4. The molecule has 2 aliphatic rings. The molecule has 6 nitrogen and oxygen atoms in total. The van der Waals surface area contributed by atoms with Crippen molar-refractivity contribution < 1.29 is 0 Å². The Labute approximate surface area is 128 Å². The lowest BCUT2D eigenvalue weighted by Gasteiger charge is -2.25. The number of hydrogen-bond donors (Lipinski definition) is 1. The minimum Gasteiger partial charge on any atom is -0.314 e. The lowest BCUT2D eigenvalue weighted by molar-refractivity contribution is 0.232. The van der Waals surface area contributed by atoms with Crippen LogP contribution in [0, 0.1) is 0 Å². The van der Waals surface area contributed by atoms with E-state index in [-0.39, 0.29) is 0 Å². The molecule has 2 aromatic rings. The Morgan fingerprint density at radius 3 is 2.71 bits per heavy atom. The van der Waals surface area contributed by atoms with Gasteiger partial charge in [0.15, 0.2) is 5.82 Å². The molecule has 0 bridgehead atoms. The van der Waals surface area contributed by atoms with Gasteiger partial charge in [0, 0.05) is 32.1 Å². The van der Waals surface area contributed by atoms with E-state index >= 15 is 0 Å². The van der Waals surface area contributed by atoms with Crippen LogP contribution in [0.4, 0.5) is 0 Å². The molecular weight excluding hydrogens is 284 g/mol. The minimum absolute atomic E-state index is 0.558. The van der Waals surface area contributed by atoms with Crippen LogP contribution in [0.5, 0.6) is 0 Å². The van der Waals surface area contributed by atoms with Gasteiger partial charge in [0.05, 0.1) is 6.54 Å². The number of hydrogen-bond acceptors (Lipinski definition) is 6. The van der Waals surface area contributed by atoms with Gasteiger partial charge in [-0.25, -0.2) is 0 Å². The van der Waals surface area contributed by atoms with Crippen LogP contribution >= 0.6 is 11.3 Å². The third-order valence-electron chi connectivity index (χ3n) is 4.60. The SMILES string of the molecule is C1CCC(c2nnc3sc(CN4CCNCC4)nn23)CC1. The van der Waals surface area contributed by atoms with E-state index in [0.717, 1.165) is 43.5 Å². The Morgan fingerprint density at radius 1 is 1.10 bits per heavy atom. The smallest absolute Gasteiger partial charge is 0.234 e. The molecule has 0 amide bonds. The predicted molar refractivity (Wildman–Crippen MR) is 82.6 cm³/mol. The third kappa shape index (κ3) is 2.82. The fourth-order valence-corrected chi connectivity index (χ4v) is 4.29. The molecule has 4 rings (SSSR count). The van der Waals surface area contributed by atoms with Crippen LogP contribution in [0.15, 0.2) is 0 Å². The van der Waals surface area contributed by atoms with E-state index in [1.165, 1.54) is 37.1 Å². The number of fused-ring (bicyclic) bond motifs is 1. The molecule has 3 heterocycles. The maximum absolute atomic E-state index is 4.79. The monoisotopic (exact) mass is 306 g/mol. The number of nitrogens with one attached hydrogen (secondary N) is 1. The quantitative estimate of drug-likeness (QED) is 0.934. The van der Waals surface area contributed by atoms with Crippen molar-refractivity contribution in [3.05, 3.63) is 10.8 Å². The molecule has 1 aliphatic carbocycles. The summed E-state index contributed by atoms with van der Waals surface area (Å²) in [7, 11) is 0. The summed E-state index contributed by atoms with van der Waals surface area (Å²) in [6, 6.07) is 0. The summed E-state index contributed by atoms with van der Waals surface area (Å²) in [6.07, 6.45) is 6.48. The van der Waals surface area contributed by atoms with Crippen molar-refractivity contribution in [2.45, 2.75) is 44.6 Å². The van der Waals surface area contributed by atoms with Crippen LogP contribution in [-0.4, -0.2) is 50.9 Å². The first-order chi connectivity index (χ1) is 10.4. The number of piperazine rings is 1. The summed E-state index contributed by atoms with van der Waals surface area (Å²) in [4.78, 5) is 3.42. The van der Waals surface area contributed by atoms with Crippen LogP contribution < -0.4 is 5.32 Å². The summed E-state index contributed by atoms with van der Waals surface area (Å²) >= 11 is 1.69. The summed E-state index contributed by atoms with van der Waals surface area (Å²) in [5, 5.41) is 18.1. The summed E-state index contributed by atoms with van der Waals surface area (Å²) in [5.74, 6) is 1.65. The van der Waals surface area contributed by atoms with Gasteiger partial charge in [-0.05, 0) is 12.8 Å². The van der Waals surface area contributed by atoms with Gasteiger partial charge in [-0.2, -0.15) is 9.61 Å². The molecule has 0 aromatic carbocycles. The molecular formula is C14H22N6S. The first-order valence-electron chi connectivity index (χ1n) is 8.04. The van der Waals surface area contributed by atoms with Gasteiger partial charge >= 0.3 is 0 Å². The van der Waals surface area contributed by atoms with Gasteiger partial charge in [-0.15, -0.1) is 10.2 Å². The van der Waals surface area contributed by atoms with Crippen molar-refractivity contribution in [1.29, 1.82) is 0 Å². The molecule has 2 fully saturated rings. The van der Waals surface area contributed by atoms with Crippen molar-refractivity contribution in [1.82, 2.24) is 30.0 Å². The molecule has 0 unspecified atom stereocenters. The van der Waals surface area contributed by atoms with Gasteiger partial charge < -0.3 is 5.32 Å². The molecule has 1 N–H and O–H groups in total. The molecule has 0 atom stereocenters. The fraction of sp³-hybridized carbons (Fsp3) is 0.786. The summed E-state index contributed by atoms with van der Waals surface area (Å²) in [5.41, 5.74) is 0. The Morgan fingerprint density at radius 2 is 1.90 bits per heavy atom. The van der Waals surface area contributed by atoms with Gasteiger partial charge in [0.1, 0.15) is 5.01 Å². The van der Waals surface area contributed by atoms with Gasteiger partial charge in [0.25, 0.3) is 0 Å². The second kappa shape index (κ2) is 5.98. The van der Waals surface area contributed by atoms with E-state index in [2.05, 4.69) is 20.4 Å². The first kappa shape index (κ1) is 13.6. The van der Waals surface area contributed by atoms with Crippen LogP contribution in [0.25, 0.3) is 4.96 Å². The Bertz CT molecular complexity index is 594. The van der Waals surface area contributed by atoms with Crippen molar-refractivity contribution >= 4 is 16.3 Å². The average Bonchev–Trinajstić information content (AvgIpc) is 3.09. The normalized spacial score (nSPS) is 22.1. The van der Waals surface area contributed by atoms with Crippen LogP contribution in [0.3, 0.4) is 0 Å². The highest BCUT2D eigenvalue weighted by Gasteiger charge is 2.23. The van der Waals surface area contributed by atoms with Crippen LogP contribution in [0.1, 0.15) is 48.9 Å². The Kier molecular flexibility index (Phi) is 3.87. The number of rotatable bonds is 3. The second-order valence-corrected chi connectivity index (χ2v) is 7.15. The van der Waals surface area contributed by atoms with E-state index in [1.54, 1.807) is 11.3 Å². The van der Waals surface area contributed by atoms with E-state index < -0.39 is 0 Å². The zero-order chi connectivity index (χ0) is 14.1. The average molecular weight is 306 g/mol. The molecule has 1 saturated carbocycles. The van der Waals surface area contributed by atoms with E-state index in [9.17, 15) is 0 Å². The molecule has 21 heavy (non-hydrogen) atoms. The Balaban J connectivity index is 1.53. The molecule has 1 aliphatic heterocycles. The lowest BCUT2D eigenvalue weighted by Crippen LogP contribution is -2.42. The largest absolute Gasteiger partial charge is 0.314 e. The van der Waals surface area contributed by atoms with E-state index in [0.29, 0.717) is 5.92 Å². The zero-order valence-electron chi connectivity index (χ0n) is 12.3. The van der Waals surface area contributed by atoms with E-state index in [1.807, 2.05) is 4.52 Å². The topological polar surface area (TPSA) is 58.4 Å². The van der Waals surface area contributed by atoms with Gasteiger partial charge in [-0.1, -0.05) is 30.6 Å². The first-order valence-corrected chi connectivity index (χ1v) is 8.86. The number of nitrogens with zero attached hydrogens (tertiary/aromatic N) is 5. The van der Waals surface area contributed by atoms with Crippen LogP contribution in [0.2, 0.25) is 0 Å². The second-order valence-electron chi connectivity index (χ2n) is 6.11. The van der Waals surface area contributed by atoms with Crippen molar-refractivity contribution in [2.75, 3.05) is 26.2 Å². The predicted octanol–water partition coefficient (Wildman–Crippen LogP) is 1.64. The zero-order valence-corrected chi connectivity index (χ0v) is 13.1.